The van der Waals surface area contributed by atoms with Gasteiger partial charge in [0.25, 0.3) is 0 Å². The number of carbonyl (C=O) groups excluding carboxylic acids is 1. The maximum absolute atomic E-state index is 12.0. The summed E-state index contributed by atoms with van der Waals surface area (Å²) in [5.74, 6) is 0.305. The monoisotopic (exact) mass is 276 g/mol. The molecule has 4 nitrogen and oxygen atoms in total. The van der Waals surface area contributed by atoms with Crippen LogP contribution in [0.1, 0.15) is 44.9 Å². The van der Waals surface area contributed by atoms with Crippen LogP contribution >= 0.6 is 12.4 Å². The average molecular weight is 277 g/mol. The van der Waals surface area contributed by atoms with E-state index < -0.39 is 0 Å². The number of ether oxygens (including phenoxy) is 1. The third-order valence-corrected chi connectivity index (χ3v) is 4.06. The summed E-state index contributed by atoms with van der Waals surface area (Å²) in [6.07, 6.45) is 7.47. The van der Waals surface area contributed by atoms with Crippen molar-refractivity contribution < 1.29 is 9.53 Å². The first-order chi connectivity index (χ1) is 8.20. The number of hydrogen-bond acceptors (Lipinski definition) is 3. The molecule has 1 saturated heterocycles. The fourth-order valence-corrected chi connectivity index (χ4v) is 2.80. The highest BCUT2D eigenvalue weighted by Gasteiger charge is 2.29. The van der Waals surface area contributed by atoms with Crippen molar-refractivity contribution in [2.45, 2.75) is 50.5 Å². The molecule has 1 amide bonds. The van der Waals surface area contributed by atoms with E-state index in [1.54, 1.807) is 0 Å². The Morgan fingerprint density at radius 2 is 1.83 bits per heavy atom. The molecular weight excluding hydrogens is 252 g/mol. The maximum Gasteiger partial charge on any atom is 0.223 e. The summed E-state index contributed by atoms with van der Waals surface area (Å²) in [7, 11) is 0. The molecule has 0 atom stereocenters. The van der Waals surface area contributed by atoms with Crippen LogP contribution in [0.2, 0.25) is 0 Å². The number of rotatable bonds is 3. The molecule has 1 aliphatic heterocycles. The number of amides is 1. The summed E-state index contributed by atoms with van der Waals surface area (Å²) < 4.78 is 5.26. The van der Waals surface area contributed by atoms with Gasteiger partial charge in [0.2, 0.25) is 5.91 Å². The van der Waals surface area contributed by atoms with Crippen LogP contribution in [0.3, 0.4) is 0 Å². The van der Waals surface area contributed by atoms with E-state index in [1.165, 1.54) is 19.3 Å². The lowest BCUT2D eigenvalue weighted by Crippen LogP contribution is -2.52. The van der Waals surface area contributed by atoms with Crippen molar-refractivity contribution in [1.82, 2.24) is 5.32 Å². The van der Waals surface area contributed by atoms with Gasteiger partial charge in [0.1, 0.15) is 0 Å². The summed E-state index contributed by atoms with van der Waals surface area (Å²) in [5, 5.41) is 3.04. The smallest absolute Gasteiger partial charge is 0.223 e. The molecule has 0 unspecified atom stereocenters. The molecular formula is C13H25ClN2O2. The van der Waals surface area contributed by atoms with Gasteiger partial charge in [-0.05, 0) is 25.7 Å². The molecule has 0 aromatic carbocycles. The Balaban J connectivity index is 0.00000162. The SMILES string of the molecule is Cl.NC1(CNC(=O)C2CCOCC2)CCCCC1. The van der Waals surface area contributed by atoms with Crippen LogP contribution in [0.4, 0.5) is 0 Å². The predicted octanol–water partition coefficient (Wildman–Crippen LogP) is 1.61. The molecule has 18 heavy (non-hydrogen) atoms. The van der Waals surface area contributed by atoms with Crippen molar-refractivity contribution in [3.63, 3.8) is 0 Å². The van der Waals surface area contributed by atoms with Gasteiger partial charge in [-0.25, -0.2) is 0 Å². The highest BCUT2D eigenvalue weighted by atomic mass is 35.5. The summed E-state index contributed by atoms with van der Waals surface area (Å²) in [4.78, 5) is 12.0. The molecule has 3 N–H and O–H groups in total. The van der Waals surface area contributed by atoms with Gasteiger partial charge in [0.05, 0.1) is 0 Å². The standard InChI is InChI=1S/C13H24N2O2.ClH/c14-13(6-2-1-3-7-13)10-15-12(16)11-4-8-17-9-5-11;/h11H,1-10,14H2,(H,15,16);1H. The van der Waals surface area contributed by atoms with E-state index in [-0.39, 0.29) is 29.8 Å². The largest absolute Gasteiger partial charge is 0.381 e. The highest BCUT2D eigenvalue weighted by molar-refractivity contribution is 5.85. The Labute approximate surface area is 115 Å². The van der Waals surface area contributed by atoms with Crippen molar-refractivity contribution >= 4 is 18.3 Å². The summed E-state index contributed by atoms with van der Waals surface area (Å²) in [6.45, 7) is 2.07. The number of halogens is 1. The van der Waals surface area contributed by atoms with Crippen LogP contribution in [0.15, 0.2) is 0 Å². The van der Waals surface area contributed by atoms with Gasteiger partial charge in [0, 0.05) is 31.2 Å². The average Bonchev–Trinajstić information content (AvgIpc) is 2.38. The van der Waals surface area contributed by atoms with Crippen LogP contribution in [0.5, 0.6) is 0 Å². The van der Waals surface area contributed by atoms with Crippen LogP contribution in [0, 0.1) is 5.92 Å². The Morgan fingerprint density at radius 3 is 2.44 bits per heavy atom. The van der Waals surface area contributed by atoms with E-state index in [0.29, 0.717) is 19.8 Å². The first-order valence-electron chi connectivity index (χ1n) is 6.84. The third-order valence-electron chi connectivity index (χ3n) is 4.06. The lowest BCUT2D eigenvalue weighted by atomic mass is 9.82. The lowest BCUT2D eigenvalue weighted by molar-refractivity contribution is -0.128. The molecule has 0 bridgehead atoms. The Morgan fingerprint density at radius 1 is 1.22 bits per heavy atom. The minimum atomic E-state index is -0.154. The van der Waals surface area contributed by atoms with Crippen molar-refractivity contribution in [3.8, 4) is 0 Å². The topological polar surface area (TPSA) is 64.3 Å². The van der Waals surface area contributed by atoms with E-state index in [9.17, 15) is 4.79 Å². The van der Waals surface area contributed by atoms with Gasteiger partial charge in [-0.1, -0.05) is 19.3 Å². The molecule has 106 valence electrons. The van der Waals surface area contributed by atoms with Gasteiger partial charge in [-0.15, -0.1) is 12.4 Å². The second-order valence-electron chi connectivity index (χ2n) is 5.53. The number of hydrogen-bond donors (Lipinski definition) is 2. The van der Waals surface area contributed by atoms with Crippen LogP contribution in [-0.4, -0.2) is 31.2 Å². The lowest BCUT2D eigenvalue weighted by Gasteiger charge is -2.34. The summed E-state index contributed by atoms with van der Waals surface area (Å²) >= 11 is 0. The fraction of sp³-hybridized carbons (Fsp3) is 0.923. The maximum atomic E-state index is 12.0. The molecule has 0 radical (unpaired) electrons. The van der Waals surface area contributed by atoms with Gasteiger partial charge < -0.3 is 15.8 Å². The third kappa shape index (κ3) is 4.41. The zero-order valence-electron chi connectivity index (χ0n) is 11.0. The first-order valence-corrected chi connectivity index (χ1v) is 6.84. The van der Waals surface area contributed by atoms with Crippen molar-refractivity contribution in [1.29, 1.82) is 0 Å². The van der Waals surface area contributed by atoms with Gasteiger partial charge in [-0.2, -0.15) is 0 Å². The second-order valence-corrected chi connectivity index (χ2v) is 5.53. The summed E-state index contributed by atoms with van der Waals surface area (Å²) in [6, 6.07) is 0. The molecule has 2 aliphatic rings. The Kier molecular flexibility index (Phi) is 6.39. The molecule has 1 aliphatic carbocycles. The molecule has 0 aromatic heterocycles. The van der Waals surface area contributed by atoms with Crippen LogP contribution in [-0.2, 0) is 9.53 Å². The highest BCUT2D eigenvalue weighted by Crippen LogP contribution is 2.25. The first kappa shape index (κ1) is 15.7. The van der Waals surface area contributed by atoms with E-state index in [1.807, 2.05) is 0 Å². The second kappa shape index (κ2) is 7.31. The van der Waals surface area contributed by atoms with E-state index in [0.717, 1.165) is 25.7 Å². The predicted molar refractivity (Wildman–Crippen MR) is 73.8 cm³/mol. The van der Waals surface area contributed by atoms with Gasteiger partial charge in [0.15, 0.2) is 0 Å². The molecule has 0 aromatic rings. The molecule has 2 fully saturated rings. The number of nitrogens with two attached hydrogens (primary N) is 1. The van der Waals surface area contributed by atoms with Gasteiger partial charge in [-0.3, -0.25) is 4.79 Å². The number of carbonyl (C=O) groups is 1. The molecule has 2 rings (SSSR count). The van der Waals surface area contributed by atoms with E-state index in [2.05, 4.69) is 5.32 Å². The van der Waals surface area contributed by atoms with Gasteiger partial charge >= 0.3 is 0 Å². The van der Waals surface area contributed by atoms with Crippen LogP contribution < -0.4 is 11.1 Å². The Bertz CT molecular complexity index is 262. The van der Waals surface area contributed by atoms with E-state index in [4.69, 9.17) is 10.5 Å². The Hall–Kier alpha value is -0.320. The zero-order valence-corrected chi connectivity index (χ0v) is 11.8. The molecule has 5 heteroatoms. The molecule has 0 spiro atoms. The van der Waals surface area contributed by atoms with Crippen LogP contribution in [0.25, 0.3) is 0 Å². The van der Waals surface area contributed by atoms with Crippen molar-refractivity contribution in [3.05, 3.63) is 0 Å². The molecule has 1 heterocycles. The van der Waals surface area contributed by atoms with E-state index >= 15 is 0 Å². The summed E-state index contributed by atoms with van der Waals surface area (Å²) in [5.41, 5.74) is 6.14. The van der Waals surface area contributed by atoms with Crippen molar-refractivity contribution in [2.75, 3.05) is 19.8 Å². The van der Waals surface area contributed by atoms with Crippen molar-refractivity contribution in [2.24, 2.45) is 11.7 Å². The normalized spacial score (nSPS) is 24.1. The molecule has 1 saturated carbocycles. The minimum absolute atomic E-state index is 0. The fourth-order valence-electron chi connectivity index (χ4n) is 2.80. The zero-order chi connectivity index (χ0) is 12.1. The quantitative estimate of drug-likeness (QED) is 0.823. The number of nitrogens with one attached hydrogen (secondary N) is 1. The minimum Gasteiger partial charge on any atom is -0.381 e.